The predicted octanol–water partition coefficient (Wildman–Crippen LogP) is 4.76. The Morgan fingerprint density at radius 3 is 2.26 bits per heavy atom. The highest BCUT2D eigenvalue weighted by Gasteiger charge is 2.06. The first-order valence-electron chi connectivity index (χ1n) is 7.76. The molecule has 0 fully saturated rings. The van der Waals surface area contributed by atoms with Gasteiger partial charge in [-0.1, -0.05) is 48.0 Å². The quantitative estimate of drug-likeness (QED) is 0.641. The number of nitrogens with zero attached hydrogens (tertiary/aromatic N) is 3. The molecule has 0 aliphatic rings. The van der Waals surface area contributed by atoms with Gasteiger partial charge in [-0.25, -0.2) is 0 Å². The first kappa shape index (κ1) is 15.2. The second-order valence-electron chi connectivity index (χ2n) is 5.95. The summed E-state index contributed by atoms with van der Waals surface area (Å²) in [5.41, 5.74) is 7.79. The Hall–Kier alpha value is -2.68. The minimum absolute atomic E-state index is 0.866. The molecule has 0 radical (unpaired) electrons. The summed E-state index contributed by atoms with van der Waals surface area (Å²) in [7, 11) is 1.96. The third kappa shape index (κ3) is 3.24. The Kier molecular flexibility index (Phi) is 4.11. The predicted molar refractivity (Wildman–Crippen MR) is 96.6 cm³/mol. The van der Waals surface area contributed by atoms with Crippen molar-refractivity contribution in [2.24, 2.45) is 12.0 Å². The van der Waals surface area contributed by atoms with E-state index in [2.05, 4.69) is 61.2 Å². The van der Waals surface area contributed by atoms with Gasteiger partial charge in [0.05, 0.1) is 17.6 Å². The van der Waals surface area contributed by atoms with Crippen LogP contribution in [0.2, 0.25) is 0 Å². The first-order chi connectivity index (χ1) is 11.0. The lowest BCUT2D eigenvalue weighted by molar-refractivity contribution is 0.773. The largest absolute Gasteiger partial charge is 0.267 e. The molecule has 1 heterocycles. The Morgan fingerprint density at radius 1 is 0.957 bits per heavy atom. The fourth-order valence-electron chi connectivity index (χ4n) is 2.94. The molecule has 0 atom stereocenters. The third-order valence-corrected chi connectivity index (χ3v) is 3.93. The zero-order chi connectivity index (χ0) is 16.4. The van der Waals surface area contributed by atoms with Crippen molar-refractivity contribution in [2.75, 3.05) is 0 Å². The molecule has 3 aromatic rings. The molecule has 0 spiro atoms. The highest BCUT2D eigenvalue weighted by atomic mass is 15.3. The number of hydrogen-bond acceptors (Lipinski definition) is 2. The van der Waals surface area contributed by atoms with Crippen LogP contribution in [0.4, 0.5) is 5.69 Å². The summed E-state index contributed by atoms with van der Waals surface area (Å²) in [6.45, 7) is 6.30. The van der Waals surface area contributed by atoms with Crippen LogP contribution in [0.1, 0.15) is 22.4 Å². The summed E-state index contributed by atoms with van der Waals surface area (Å²) in [5.74, 6) is 0. The number of aryl methyl sites for hydroxylation is 4. The first-order valence-corrected chi connectivity index (χ1v) is 7.76. The summed E-state index contributed by atoms with van der Waals surface area (Å²) >= 11 is 0. The van der Waals surface area contributed by atoms with Crippen LogP contribution >= 0.6 is 0 Å². The fourth-order valence-corrected chi connectivity index (χ4v) is 2.94. The maximum absolute atomic E-state index is 4.66. The Bertz CT molecular complexity index is 835. The van der Waals surface area contributed by atoms with Crippen LogP contribution in [0, 0.1) is 20.8 Å². The van der Waals surface area contributed by atoms with Crippen LogP contribution in [0.25, 0.3) is 11.3 Å². The molecule has 0 N–H and O–H groups in total. The molecule has 2 aromatic carbocycles. The molecule has 0 bridgehead atoms. The molecule has 3 heteroatoms. The van der Waals surface area contributed by atoms with Crippen molar-refractivity contribution >= 4 is 11.9 Å². The minimum Gasteiger partial charge on any atom is -0.267 e. The third-order valence-electron chi connectivity index (χ3n) is 3.93. The Morgan fingerprint density at radius 2 is 1.61 bits per heavy atom. The van der Waals surface area contributed by atoms with E-state index >= 15 is 0 Å². The van der Waals surface area contributed by atoms with E-state index in [0.29, 0.717) is 0 Å². The Balaban J connectivity index is 1.93. The molecule has 3 rings (SSSR count). The standard InChI is InChI=1S/C20H21N3/c1-14-10-15(2)20(16(3)11-14)21-13-18-12-19(23(4)22-18)17-8-6-5-7-9-17/h5-13H,1-4H3/b21-13+. The molecule has 0 saturated carbocycles. The van der Waals surface area contributed by atoms with Crippen molar-refractivity contribution < 1.29 is 0 Å². The van der Waals surface area contributed by atoms with Crippen molar-refractivity contribution in [1.82, 2.24) is 9.78 Å². The number of rotatable bonds is 3. The molecular formula is C20H21N3. The lowest BCUT2D eigenvalue weighted by atomic mass is 10.1. The number of hydrogen-bond donors (Lipinski definition) is 0. The Labute approximate surface area is 137 Å². The number of benzene rings is 2. The molecule has 0 amide bonds. The zero-order valence-electron chi connectivity index (χ0n) is 14.0. The normalized spacial score (nSPS) is 11.3. The highest BCUT2D eigenvalue weighted by molar-refractivity contribution is 5.82. The summed E-state index contributed by atoms with van der Waals surface area (Å²) < 4.78 is 1.89. The van der Waals surface area contributed by atoms with Crippen LogP contribution < -0.4 is 0 Å². The fraction of sp³-hybridized carbons (Fsp3) is 0.200. The monoisotopic (exact) mass is 303 g/mol. The van der Waals surface area contributed by atoms with Gasteiger partial charge in [0.15, 0.2) is 0 Å². The van der Waals surface area contributed by atoms with Crippen LogP contribution in [-0.2, 0) is 7.05 Å². The summed E-state index contributed by atoms with van der Waals surface area (Å²) in [6.07, 6.45) is 1.84. The van der Waals surface area contributed by atoms with Gasteiger partial charge in [-0.3, -0.25) is 9.67 Å². The van der Waals surface area contributed by atoms with Crippen molar-refractivity contribution in [3.63, 3.8) is 0 Å². The molecule has 0 aliphatic heterocycles. The molecule has 3 nitrogen and oxygen atoms in total. The van der Waals surface area contributed by atoms with E-state index in [1.165, 1.54) is 16.7 Å². The van der Waals surface area contributed by atoms with Crippen molar-refractivity contribution in [3.8, 4) is 11.3 Å². The van der Waals surface area contributed by atoms with E-state index in [4.69, 9.17) is 0 Å². The van der Waals surface area contributed by atoms with E-state index in [1.807, 2.05) is 36.1 Å². The topological polar surface area (TPSA) is 30.2 Å². The van der Waals surface area contributed by atoms with Gasteiger partial charge in [-0.05, 0) is 43.5 Å². The molecule has 23 heavy (non-hydrogen) atoms. The van der Waals surface area contributed by atoms with Crippen molar-refractivity contribution in [3.05, 3.63) is 70.9 Å². The van der Waals surface area contributed by atoms with Crippen molar-refractivity contribution in [2.45, 2.75) is 20.8 Å². The van der Waals surface area contributed by atoms with Gasteiger partial charge in [0.25, 0.3) is 0 Å². The average molecular weight is 303 g/mol. The van der Waals surface area contributed by atoms with E-state index < -0.39 is 0 Å². The van der Waals surface area contributed by atoms with Crippen LogP contribution in [-0.4, -0.2) is 16.0 Å². The SMILES string of the molecule is Cc1cc(C)c(/N=C/c2cc(-c3ccccc3)n(C)n2)c(C)c1. The molecule has 0 saturated heterocycles. The molecule has 116 valence electrons. The van der Waals surface area contributed by atoms with E-state index in [1.54, 1.807) is 0 Å². The van der Waals surface area contributed by atoms with Gasteiger partial charge in [0.2, 0.25) is 0 Å². The summed E-state index contributed by atoms with van der Waals surface area (Å²) in [4.78, 5) is 4.66. The lowest BCUT2D eigenvalue weighted by Gasteiger charge is -2.05. The van der Waals surface area contributed by atoms with Gasteiger partial charge in [0, 0.05) is 7.05 Å². The van der Waals surface area contributed by atoms with Crippen molar-refractivity contribution in [1.29, 1.82) is 0 Å². The van der Waals surface area contributed by atoms with Crippen LogP contribution in [0.3, 0.4) is 0 Å². The summed E-state index contributed by atoms with van der Waals surface area (Å²) in [6, 6.07) is 16.7. The molecule has 1 aromatic heterocycles. The van der Waals surface area contributed by atoms with E-state index in [9.17, 15) is 0 Å². The van der Waals surface area contributed by atoms with Gasteiger partial charge in [0.1, 0.15) is 5.69 Å². The van der Waals surface area contributed by atoms with Gasteiger partial charge in [-0.2, -0.15) is 5.10 Å². The average Bonchev–Trinajstić information content (AvgIpc) is 2.88. The van der Waals surface area contributed by atoms with Crippen LogP contribution in [0.5, 0.6) is 0 Å². The van der Waals surface area contributed by atoms with Gasteiger partial charge in [-0.15, -0.1) is 0 Å². The second-order valence-corrected chi connectivity index (χ2v) is 5.95. The highest BCUT2D eigenvalue weighted by Crippen LogP contribution is 2.25. The minimum atomic E-state index is 0.866. The molecular weight excluding hydrogens is 282 g/mol. The molecule has 0 unspecified atom stereocenters. The lowest BCUT2D eigenvalue weighted by Crippen LogP contribution is -1.94. The van der Waals surface area contributed by atoms with Gasteiger partial charge < -0.3 is 0 Å². The van der Waals surface area contributed by atoms with E-state index in [0.717, 1.165) is 22.6 Å². The maximum atomic E-state index is 4.66. The number of aliphatic imine (C=N–C) groups is 1. The van der Waals surface area contributed by atoms with Crippen LogP contribution in [0.15, 0.2) is 53.5 Å². The maximum Gasteiger partial charge on any atom is 0.104 e. The van der Waals surface area contributed by atoms with Gasteiger partial charge >= 0.3 is 0 Å². The zero-order valence-corrected chi connectivity index (χ0v) is 14.0. The second kappa shape index (κ2) is 6.21. The number of aromatic nitrogens is 2. The summed E-state index contributed by atoms with van der Waals surface area (Å²) in [5, 5.41) is 4.55. The van der Waals surface area contributed by atoms with E-state index in [-0.39, 0.29) is 0 Å². The smallest absolute Gasteiger partial charge is 0.104 e. The molecule has 0 aliphatic carbocycles.